The van der Waals surface area contributed by atoms with Crippen LogP contribution in [0.5, 0.6) is 11.5 Å². The highest BCUT2D eigenvalue weighted by Gasteiger charge is 2.24. The van der Waals surface area contributed by atoms with Crippen molar-refractivity contribution in [3.8, 4) is 11.5 Å². The monoisotopic (exact) mass is 435 g/mol. The Balaban J connectivity index is 1.35. The molecule has 0 bridgehead atoms. The molecule has 0 spiro atoms. The molecule has 32 heavy (non-hydrogen) atoms. The number of nitrogens with one attached hydrogen (secondary N) is 2. The van der Waals surface area contributed by atoms with Crippen LogP contribution in [0.3, 0.4) is 0 Å². The number of para-hydroxylation sites is 1. The molecule has 1 aromatic heterocycles. The van der Waals surface area contributed by atoms with Gasteiger partial charge in [-0.2, -0.15) is 0 Å². The van der Waals surface area contributed by atoms with Gasteiger partial charge in [-0.25, -0.2) is 0 Å². The molecule has 1 amide bonds. The van der Waals surface area contributed by atoms with E-state index in [0.717, 1.165) is 66.4 Å². The van der Waals surface area contributed by atoms with Gasteiger partial charge in [0.2, 0.25) is 5.91 Å². The van der Waals surface area contributed by atoms with Crippen LogP contribution in [0, 0.1) is 0 Å². The first-order valence-corrected chi connectivity index (χ1v) is 11.3. The Labute approximate surface area is 187 Å². The smallest absolute Gasteiger partial charge is 0.220 e. The molecule has 2 aliphatic rings. The lowest BCUT2D eigenvalue weighted by molar-refractivity contribution is -0.121. The highest BCUT2D eigenvalue weighted by molar-refractivity contribution is 5.86. The number of rotatable bonds is 7. The van der Waals surface area contributed by atoms with Crippen LogP contribution in [0.25, 0.3) is 10.9 Å². The number of carbonyl (C=O) groups excluding carboxylic acids is 1. The Morgan fingerprint density at radius 2 is 1.84 bits per heavy atom. The van der Waals surface area contributed by atoms with Gasteiger partial charge in [-0.15, -0.1) is 0 Å². The molecular formula is C25H29N3O4. The van der Waals surface area contributed by atoms with Crippen molar-refractivity contribution in [3.63, 3.8) is 0 Å². The fraction of sp³-hybridized carbons (Fsp3) is 0.400. The van der Waals surface area contributed by atoms with Crippen LogP contribution in [0.4, 0.5) is 0 Å². The molecule has 1 fully saturated rings. The molecule has 1 saturated heterocycles. The Bertz CT molecular complexity index is 1070. The number of aromatic amines is 1. The number of morpholine rings is 1. The van der Waals surface area contributed by atoms with E-state index >= 15 is 0 Å². The van der Waals surface area contributed by atoms with Crippen molar-refractivity contribution < 1.29 is 19.0 Å². The van der Waals surface area contributed by atoms with Crippen molar-refractivity contribution in [2.45, 2.75) is 12.3 Å². The van der Waals surface area contributed by atoms with E-state index in [1.807, 2.05) is 36.5 Å². The molecule has 2 aromatic carbocycles. The number of hydrogen-bond acceptors (Lipinski definition) is 5. The van der Waals surface area contributed by atoms with Crippen LogP contribution in [0.1, 0.15) is 23.5 Å². The van der Waals surface area contributed by atoms with Crippen molar-refractivity contribution in [2.24, 2.45) is 0 Å². The number of fused-ring (bicyclic) bond motifs is 2. The summed E-state index contributed by atoms with van der Waals surface area (Å²) < 4.78 is 16.9. The summed E-state index contributed by atoms with van der Waals surface area (Å²) in [5.41, 5.74) is 3.22. The number of benzene rings is 2. The second-order valence-electron chi connectivity index (χ2n) is 8.25. The summed E-state index contributed by atoms with van der Waals surface area (Å²) in [6, 6.07) is 14.2. The van der Waals surface area contributed by atoms with Crippen molar-refractivity contribution in [1.29, 1.82) is 0 Å². The lowest BCUT2D eigenvalue weighted by Gasteiger charge is -2.26. The fourth-order valence-electron chi connectivity index (χ4n) is 4.50. The van der Waals surface area contributed by atoms with Gasteiger partial charge >= 0.3 is 0 Å². The minimum atomic E-state index is -0.0923. The lowest BCUT2D eigenvalue weighted by atomic mass is 9.87. The van der Waals surface area contributed by atoms with E-state index in [-0.39, 0.29) is 11.8 Å². The van der Waals surface area contributed by atoms with E-state index in [1.165, 1.54) is 0 Å². The zero-order valence-corrected chi connectivity index (χ0v) is 18.1. The molecule has 0 unspecified atom stereocenters. The quantitative estimate of drug-likeness (QED) is 0.597. The second-order valence-corrected chi connectivity index (χ2v) is 8.25. The zero-order chi connectivity index (χ0) is 21.8. The summed E-state index contributed by atoms with van der Waals surface area (Å²) in [4.78, 5) is 18.6. The minimum absolute atomic E-state index is 0.0448. The van der Waals surface area contributed by atoms with Crippen molar-refractivity contribution >= 4 is 16.8 Å². The number of hydrogen-bond donors (Lipinski definition) is 2. The van der Waals surface area contributed by atoms with Gasteiger partial charge in [0.1, 0.15) is 13.2 Å². The maximum absolute atomic E-state index is 13.0. The maximum atomic E-state index is 13.0. The molecule has 3 aromatic rings. The molecule has 7 heteroatoms. The van der Waals surface area contributed by atoms with E-state index in [4.69, 9.17) is 14.2 Å². The molecule has 0 saturated carbocycles. The van der Waals surface area contributed by atoms with E-state index in [9.17, 15) is 4.79 Å². The molecule has 5 rings (SSSR count). The highest BCUT2D eigenvalue weighted by atomic mass is 16.6. The van der Waals surface area contributed by atoms with Crippen LogP contribution in [-0.4, -0.2) is 68.4 Å². The molecule has 7 nitrogen and oxygen atoms in total. The first kappa shape index (κ1) is 20.8. The number of amides is 1. The number of aromatic nitrogens is 1. The van der Waals surface area contributed by atoms with Gasteiger partial charge in [0.25, 0.3) is 0 Å². The molecule has 2 aliphatic heterocycles. The van der Waals surface area contributed by atoms with Crippen molar-refractivity contribution in [1.82, 2.24) is 15.2 Å². The van der Waals surface area contributed by atoms with Crippen LogP contribution in [0.2, 0.25) is 0 Å². The first-order valence-electron chi connectivity index (χ1n) is 11.3. The minimum Gasteiger partial charge on any atom is -0.486 e. The van der Waals surface area contributed by atoms with Crippen molar-refractivity contribution in [3.05, 3.63) is 59.8 Å². The van der Waals surface area contributed by atoms with Gasteiger partial charge in [0.05, 0.1) is 13.2 Å². The molecule has 0 aliphatic carbocycles. The Morgan fingerprint density at radius 1 is 1.03 bits per heavy atom. The second kappa shape index (κ2) is 9.63. The Morgan fingerprint density at radius 3 is 2.72 bits per heavy atom. The van der Waals surface area contributed by atoms with E-state index < -0.39 is 0 Å². The van der Waals surface area contributed by atoms with Gasteiger partial charge in [-0.3, -0.25) is 9.69 Å². The highest BCUT2D eigenvalue weighted by Crippen LogP contribution is 2.38. The summed E-state index contributed by atoms with van der Waals surface area (Å²) in [5.74, 6) is 1.45. The summed E-state index contributed by atoms with van der Waals surface area (Å²) in [6.45, 7) is 5.95. The zero-order valence-electron chi connectivity index (χ0n) is 18.1. The third-order valence-electron chi connectivity index (χ3n) is 6.21. The molecule has 2 N–H and O–H groups in total. The Hall–Kier alpha value is -3.03. The predicted octanol–water partition coefficient (Wildman–Crippen LogP) is 2.91. The number of carbonyl (C=O) groups is 1. The SMILES string of the molecule is O=C(C[C@@H](c1ccc2c(c1)OCCO2)c1c[nH]c2ccccc12)NCCN1CCOCC1. The van der Waals surface area contributed by atoms with Crippen LogP contribution < -0.4 is 14.8 Å². The predicted molar refractivity (Wildman–Crippen MR) is 122 cm³/mol. The molecule has 3 heterocycles. The summed E-state index contributed by atoms with van der Waals surface area (Å²) in [7, 11) is 0. The van der Waals surface area contributed by atoms with Crippen molar-refractivity contribution in [2.75, 3.05) is 52.6 Å². The van der Waals surface area contributed by atoms with Crippen LogP contribution >= 0.6 is 0 Å². The number of ether oxygens (including phenoxy) is 3. The summed E-state index contributed by atoms with van der Waals surface area (Å²) in [5, 5.41) is 4.25. The molecular weight excluding hydrogens is 406 g/mol. The third kappa shape index (κ3) is 4.59. The number of nitrogens with zero attached hydrogens (tertiary/aromatic N) is 1. The largest absolute Gasteiger partial charge is 0.486 e. The maximum Gasteiger partial charge on any atom is 0.220 e. The average Bonchev–Trinajstić information content (AvgIpc) is 3.27. The average molecular weight is 436 g/mol. The van der Waals surface area contributed by atoms with E-state index in [2.05, 4.69) is 27.3 Å². The lowest BCUT2D eigenvalue weighted by Crippen LogP contribution is -2.41. The standard InChI is InChI=1S/C25H29N3O4/c29-25(26-7-8-28-9-11-30-12-10-28)16-20(21-17-27-22-4-2-1-3-19(21)22)18-5-6-23-24(15-18)32-14-13-31-23/h1-6,15,17,20,27H,7-14,16H2,(H,26,29)/t20-/m0/s1. The third-order valence-corrected chi connectivity index (χ3v) is 6.21. The number of H-pyrrole nitrogens is 1. The fourth-order valence-corrected chi connectivity index (χ4v) is 4.50. The molecule has 0 radical (unpaired) electrons. The van der Waals surface area contributed by atoms with Gasteiger partial charge < -0.3 is 24.5 Å². The molecule has 168 valence electrons. The van der Waals surface area contributed by atoms with Gasteiger partial charge in [-0.05, 0) is 29.3 Å². The van der Waals surface area contributed by atoms with Crippen LogP contribution in [0.15, 0.2) is 48.7 Å². The van der Waals surface area contributed by atoms with Gasteiger partial charge in [-0.1, -0.05) is 24.3 Å². The van der Waals surface area contributed by atoms with Gasteiger partial charge in [0, 0.05) is 55.6 Å². The molecule has 1 atom stereocenters. The van der Waals surface area contributed by atoms with Crippen LogP contribution in [-0.2, 0) is 9.53 Å². The summed E-state index contributed by atoms with van der Waals surface area (Å²) in [6.07, 6.45) is 2.39. The normalized spacial score (nSPS) is 17.2. The topological polar surface area (TPSA) is 75.8 Å². The van der Waals surface area contributed by atoms with Gasteiger partial charge in [0.15, 0.2) is 11.5 Å². The first-order chi connectivity index (χ1) is 15.8. The Kier molecular flexibility index (Phi) is 6.27. The van der Waals surface area contributed by atoms with E-state index in [0.29, 0.717) is 26.2 Å². The summed E-state index contributed by atoms with van der Waals surface area (Å²) >= 11 is 0. The van der Waals surface area contributed by atoms with E-state index in [1.54, 1.807) is 0 Å².